The molecule has 0 amide bonds. The first kappa shape index (κ1) is 10.0. The Kier molecular flexibility index (Phi) is 2.01. The first-order valence-corrected chi connectivity index (χ1v) is 5.29. The summed E-state index contributed by atoms with van der Waals surface area (Å²) in [6, 6.07) is 10.6. The highest BCUT2D eigenvalue weighted by molar-refractivity contribution is 6.04. The number of hydrogen-bond donors (Lipinski definition) is 0. The molecule has 0 N–H and O–H groups in total. The molecule has 2 aromatic carbocycles. The first-order valence-electron chi connectivity index (χ1n) is 5.29. The molecule has 0 spiro atoms. The van der Waals surface area contributed by atoms with Gasteiger partial charge in [-0.05, 0) is 18.6 Å². The zero-order chi connectivity index (χ0) is 12.0. The molecule has 0 saturated carbocycles. The van der Waals surface area contributed by atoms with Crippen molar-refractivity contribution >= 4 is 21.7 Å². The third-order valence-electron chi connectivity index (χ3n) is 2.92. The molecule has 0 fully saturated rings. The molecule has 1 aromatic heterocycles. The second-order valence-electron chi connectivity index (χ2n) is 4.00. The molecule has 2 nitrogen and oxygen atoms in total. The van der Waals surface area contributed by atoms with Crippen LogP contribution in [0.5, 0.6) is 0 Å². The van der Waals surface area contributed by atoms with Crippen LogP contribution >= 0.6 is 0 Å². The highest BCUT2D eigenvalue weighted by Crippen LogP contribution is 2.25. The van der Waals surface area contributed by atoms with Crippen LogP contribution < -0.4 is 5.63 Å². The summed E-state index contributed by atoms with van der Waals surface area (Å²) < 4.78 is 19.0. The quantitative estimate of drug-likeness (QED) is 0.436. The summed E-state index contributed by atoms with van der Waals surface area (Å²) in [4.78, 5) is 11.8. The predicted molar refractivity (Wildman–Crippen MR) is 64.7 cm³/mol. The van der Waals surface area contributed by atoms with Gasteiger partial charge >= 0.3 is 5.63 Å². The van der Waals surface area contributed by atoms with E-state index in [0.29, 0.717) is 16.5 Å². The van der Waals surface area contributed by atoms with Gasteiger partial charge in [0, 0.05) is 10.8 Å². The zero-order valence-corrected chi connectivity index (χ0v) is 9.16. The van der Waals surface area contributed by atoms with Crippen molar-refractivity contribution in [3.05, 3.63) is 58.2 Å². The first-order chi connectivity index (χ1) is 8.18. The molecule has 3 heteroatoms. The molecule has 0 aliphatic rings. The van der Waals surface area contributed by atoms with Gasteiger partial charge in [-0.2, -0.15) is 0 Å². The van der Waals surface area contributed by atoms with Gasteiger partial charge in [0.05, 0.1) is 0 Å². The lowest BCUT2D eigenvalue weighted by Gasteiger charge is -2.04. The summed E-state index contributed by atoms with van der Waals surface area (Å²) in [6.07, 6.45) is 0. The van der Waals surface area contributed by atoms with Crippen molar-refractivity contribution < 1.29 is 8.81 Å². The van der Waals surface area contributed by atoms with Gasteiger partial charge in [-0.15, -0.1) is 0 Å². The van der Waals surface area contributed by atoms with Crippen molar-refractivity contribution in [1.82, 2.24) is 0 Å². The summed E-state index contributed by atoms with van der Waals surface area (Å²) in [7, 11) is 0. The van der Waals surface area contributed by atoms with Gasteiger partial charge in [0.1, 0.15) is 16.8 Å². The maximum Gasteiger partial charge on any atom is 0.347 e. The Hall–Kier alpha value is -2.16. The molecule has 0 unspecified atom stereocenters. The molecular weight excluding hydrogens is 219 g/mol. The van der Waals surface area contributed by atoms with E-state index in [4.69, 9.17) is 4.42 Å². The maximum atomic E-state index is 13.9. The van der Waals surface area contributed by atoms with E-state index in [-0.39, 0.29) is 5.39 Å². The lowest BCUT2D eigenvalue weighted by molar-refractivity contribution is 0.560. The molecule has 0 aliphatic heterocycles. The SMILES string of the molecule is Cc1ccc2c(c1F)c(=O)oc1ccccc12. The predicted octanol–water partition coefficient (Wildman–Crippen LogP) is 3.39. The Balaban J connectivity index is 2.68. The van der Waals surface area contributed by atoms with Crippen LogP contribution in [0, 0.1) is 12.7 Å². The van der Waals surface area contributed by atoms with Crippen molar-refractivity contribution in [2.24, 2.45) is 0 Å². The number of para-hydroxylation sites is 1. The van der Waals surface area contributed by atoms with Crippen LogP contribution in [-0.4, -0.2) is 0 Å². The molecular formula is C14H9FO2. The normalized spacial score (nSPS) is 11.2. The fourth-order valence-electron chi connectivity index (χ4n) is 2.03. The smallest absolute Gasteiger partial charge is 0.347 e. The van der Waals surface area contributed by atoms with E-state index >= 15 is 0 Å². The molecule has 0 bridgehead atoms. The summed E-state index contributed by atoms with van der Waals surface area (Å²) in [5, 5.41) is 1.38. The molecule has 84 valence electrons. The minimum Gasteiger partial charge on any atom is -0.422 e. The Morgan fingerprint density at radius 1 is 1.06 bits per heavy atom. The minimum atomic E-state index is -0.625. The molecule has 3 aromatic rings. The number of rotatable bonds is 0. The van der Waals surface area contributed by atoms with Gasteiger partial charge < -0.3 is 4.42 Å². The zero-order valence-electron chi connectivity index (χ0n) is 9.16. The van der Waals surface area contributed by atoms with Crippen LogP contribution in [-0.2, 0) is 0 Å². The lowest BCUT2D eigenvalue weighted by Crippen LogP contribution is -2.03. The summed E-state index contributed by atoms with van der Waals surface area (Å²) in [5.41, 5.74) is 0.299. The standard InChI is InChI=1S/C14H9FO2/c1-8-6-7-10-9-4-2-3-5-11(9)17-14(16)12(10)13(8)15/h2-7H,1H3. The molecule has 3 rings (SSSR count). The third-order valence-corrected chi connectivity index (χ3v) is 2.92. The van der Waals surface area contributed by atoms with E-state index in [0.717, 1.165) is 5.39 Å². The van der Waals surface area contributed by atoms with Gasteiger partial charge in [0.25, 0.3) is 0 Å². The number of fused-ring (bicyclic) bond motifs is 3. The maximum absolute atomic E-state index is 13.9. The number of hydrogen-bond acceptors (Lipinski definition) is 2. The fourth-order valence-corrected chi connectivity index (χ4v) is 2.03. The minimum absolute atomic E-state index is 0.0312. The van der Waals surface area contributed by atoms with Crippen LogP contribution in [0.1, 0.15) is 5.56 Å². The monoisotopic (exact) mass is 228 g/mol. The average molecular weight is 228 g/mol. The number of halogens is 1. The largest absolute Gasteiger partial charge is 0.422 e. The van der Waals surface area contributed by atoms with Gasteiger partial charge in [-0.3, -0.25) is 0 Å². The van der Waals surface area contributed by atoms with Crippen molar-refractivity contribution in [1.29, 1.82) is 0 Å². The molecule has 0 aliphatic carbocycles. The van der Waals surface area contributed by atoms with Crippen molar-refractivity contribution in [3.63, 3.8) is 0 Å². The van der Waals surface area contributed by atoms with Crippen molar-refractivity contribution in [2.45, 2.75) is 6.92 Å². The van der Waals surface area contributed by atoms with E-state index in [1.807, 2.05) is 12.1 Å². The summed E-state index contributed by atoms with van der Waals surface area (Å²) in [6.45, 7) is 1.63. The Morgan fingerprint density at radius 2 is 1.82 bits per heavy atom. The third kappa shape index (κ3) is 1.35. The number of aryl methyl sites for hydroxylation is 1. The molecule has 0 atom stereocenters. The molecule has 17 heavy (non-hydrogen) atoms. The van der Waals surface area contributed by atoms with Crippen LogP contribution in [0.15, 0.2) is 45.6 Å². The Bertz CT molecular complexity index is 787. The van der Waals surface area contributed by atoms with E-state index in [2.05, 4.69) is 0 Å². The summed E-state index contributed by atoms with van der Waals surface area (Å²) >= 11 is 0. The average Bonchev–Trinajstić information content (AvgIpc) is 2.33. The number of benzene rings is 2. The second-order valence-corrected chi connectivity index (χ2v) is 4.00. The van der Waals surface area contributed by atoms with Crippen LogP contribution in [0.4, 0.5) is 4.39 Å². The lowest BCUT2D eigenvalue weighted by atomic mass is 10.0. The van der Waals surface area contributed by atoms with E-state index in [9.17, 15) is 9.18 Å². The van der Waals surface area contributed by atoms with E-state index < -0.39 is 11.4 Å². The Labute approximate surface area is 96.3 Å². The highest BCUT2D eigenvalue weighted by Gasteiger charge is 2.12. The Morgan fingerprint density at radius 3 is 2.65 bits per heavy atom. The summed E-state index contributed by atoms with van der Waals surface area (Å²) in [5.74, 6) is -0.498. The second kappa shape index (κ2) is 3.42. The van der Waals surface area contributed by atoms with Crippen LogP contribution in [0.25, 0.3) is 21.7 Å². The van der Waals surface area contributed by atoms with E-state index in [1.54, 1.807) is 31.2 Å². The van der Waals surface area contributed by atoms with E-state index in [1.165, 1.54) is 0 Å². The van der Waals surface area contributed by atoms with Gasteiger partial charge in [0.15, 0.2) is 0 Å². The van der Waals surface area contributed by atoms with Crippen LogP contribution in [0.3, 0.4) is 0 Å². The van der Waals surface area contributed by atoms with Crippen molar-refractivity contribution in [3.8, 4) is 0 Å². The highest BCUT2D eigenvalue weighted by atomic mass is 19.1. The van der Waals surface area contributed by atoms with Crippen LogP contribution in [0.2, 0.25) is 0 Å². The fraction of sp³-hybridized carbons (Fsp3) is 0.0714. The molecule has 0 radical (unpaired) electrons. The van der Waals surface area contributed by atoms with Crippen molar-refractivity contribution in [2.75, 3.05) is 0 Å². The molecule has 0 saturated heterocycles. The van der Waals surface area contributed by atoms with Gasteiger partial charge in [-0.25, -0.2) is 9.18 Å². The molecule has 1 heterocycles. The van der Waals surface area contributed by atoms with Gasteiger partial charge in [0.2, 0.25) is 0 Å². The van der Waals surface area contributed by atoms with Gasteiger partial charge in [-0.1, -0.05) is 30.3 Å². The topological polar surface area (TPSA) is 30.2 Å².